The van der Waals surface area contributed by atoms with Gasteiger partial charge in [0, 0.05) is 60.2 Å². The predicted octanol–water partition coefficient (Wildman–Crippen LogP) is 11.7. The lowest BCUT2D eigenvalue weighted by Gasteiger charge is -2.34. The summed E-state index contributed by atoms with van der Waals surface area (Å²) in [7, 11) is 0. The molecule has 244 valence electrons. The minimum atomic E-state index is -0.0670. The van der Waals surface area contributed by atoms with Gasteiger partial charge in [-0.3, -0.25) is 0 Å². The zero-order valence-corrected chi connectivity index (χ0v) is 28.8. The summed E-state index contributed by atoms with van der Waals surface area (Å²) in [4.78, 5) is 0. The molecule has 3 aromatic heterocycles. The highest BCUT2D eigenvalue weighted by molar-refractivity contribution is 6.90. The fourth-order valence-corrected chi connectivity index (χ4v) is 11.3. The SMILES string of the molecule is c1ccc2c(c1)-c1cccc3cc4c5c(c13)c1c-2cccc1n5-c1cc2c(oc3ccccc32)c2c1B4n1c3ccc4ccccc4c3c3cccc-2c31. The number of rotatable bonds is 0. The first-order chi connectivity index (χ1) is 26.8. The Balaban J connectivity index is 1.26. The molecule has 0 atom stereocenters. The smallest absolute Gasteiger partial charge is 0.333 e. The quantitative estimate of drug-likeness (QED) is 0.146. The molecule has 0 unspecified atom stereocenters. The van der Waals surface area contributed by atoms with Crippen molar-refractivity contribution >= 4 is 105 Å². The molecule has 54 heavy (non-hydrogen) atoms. The lowest BCUT2D eigenvalue weighted by molar-refractivity contribution is 0.670. The number of furan rings is 1. The third kappa shape index (κ3) is 2.78. The van der Waals surface area contributed by atoms with Crippen molar-refractivity contribution in [2.45, 2.75) is 0 Å². The Labute approximate surface area is 308 Å². The van der Waals surface area contributed by atoms with Crippen LogP contribution in [0.25, 0.3) is 126 Å². The monoisotopic (exact) mass is 680 g/mol. The van der Waals surface area contributed by atoms with Crippen LogP contribution in [0.1, 0.15) is 0 Å². The Morgan fingerprint density at radius 2 is 1.15 bits per heavy atom. The molecule has 15 rings (SSSR count). The summed E-state index contributed by atoms with van der Waals surface area (Å²) in [6, 6.07) is 56.9. The number of benzene rings is 9. The van der Waals surface area contributed by atoms with Crippen LogP contribution in [0.3, 0.4) is 0 Å². The molecule has 3 aliphatic rings. The average molecular weight is 681 g/mol. The van der Waals surface area contributed by atoms with E-state index in [0.717, 1.165) is 16.6 Å². The third-order valence-corrected chi connectivity index (χ3v) is 13.2. The topological polar surface area (TPSA) is 23.0 Å². The normalized spacial score (nSPS) is 13.5. The van der Waals surface area contributed by atoms with E-state index in [0.29, 0.717) is 0 Å². The van der Waals surface area contributed by atoms with Crippen molar-refractivity contribution in [2.75, 3.05) is 0 Å². The number of nitrogens with zero attached hydrogens (tertiary/aromatic N) is 2. The molecule has 9 aromatic carbocycles. The van der Waals surface area contributed by atoms with Crippen LogP contribution in [-0.4, -0.2) is 15.9 Å². The van der Waals surface area contributed by atoms with Crippen molar-refractivity contribution < 1.29 is 4.42 Å². The Hall–Kier alpha value is -7.04. The van der Waals surface area contributed by atoms with Crippen LogP contribution >= 0.6 is 0 Å². The third-order valence-electron chi connectivity index (χ3n) is 13.2. The van der Waals surface area contributed by atoms with E-state index >= 15 is 0 Å². The second-order valence-electron chi connectivity index (χ2n) is 15.5. The molecular weight excluding hydrogens is 655 g/mol. The van der Waals surface area contributed by atoms with Crippen molar-refractivity contribution in [3.8, 4) is 39.1 Å². The highest BCUT2D eigenvalue weighted by Gasteiger charge is 2.44. The van der Waals surface area contributed by atoms with Gasteiger partial charge in [-0.05, 0) is 79.0 Å². The molecule has 3 nitrogen and oxygen atoms in total. The minimum Gasteiger partial charge on any atom is -0.455 e. The van der Waals surface area contributed by atoms with Gasteiger partial charge in [-0.1, -0.05) is 127 Å². The summed E-state index contributed by atoms with van der Waals surface area (Å²) in [6.45, 7) is -0.0670. The van der Waals surface area contributed by atoms with Crippen LogP contribution in [0, 0.1) is 0 Å². The van der Waals surface area contributed by atoms with Gasteiger partial charge in [-0.2, -0.15) is 0 Å². The first kappa shape index (κ1) is 26.7. The summed E-state index contributed by atoms with van der Waals surface area (Å²) < 4.78 is 12.3. The van der Waals surface area contributed by atoms with E-state index < -0.39 is 0 Å². The maximum absolute atomic E-state index is 6.98. The van der Waals surface area contributed by atoms with E-state index in [4.69, 9.17) is 4.42 Å². The summed E-state index contributed by atoms with van der Waals surface area (Å²) in [5.41, 5.74) is 18.6. The second kappa shape index (κ2) is 8.77. The number of fused-ring (bicyclic) bond motifs is 17. The first-order valence-corrected chi connectivity index (χ1v) is 18.9. The van der Waals surface area contributed by atoms with Gasteiger partial charge in [0.15, 0.2) is 0 Å². The average Bonchev–Trinajstić information content (AvgIpc) is 3.86. The molecule has 2 aliphatic heterocycles. The summed E-state index contributed by atoms with van der Waals surface area (Å²) in [5.74, 6) is 0. The highest BCUT2D eigenvalue weighted by atomic mass is 16.3. The van der Waals surface area contributed by atoms with Crippen LogP contribution in [0.4, 0.5) is 0 Å². The minimum absolute atomic E-state index is 0.0670. The molecule has 0 amide bonds. The van der Waals surface area contributed by atoms with Gasteiger partial charge in [0.05, 0.1) is 11.0 Å². The van der Waals surface area contributed by atoms with Crippen molar-refractivity contribution in [1.82, 2.24) is 9.05 Å². The van der Waals surface area contributed by atoms with Gasteiger partial charge >= 0.3 is 6.85 Å². The number of hydrogen-bond donors (Lipinski definition) is 0. The second-order valence-corrected chi connectivity index (χ2v) is 15.5. The lowest BCUT2D eigenvalue weighted by atomic mass is 9.45. The first-order valence-electron chi connectivity index (χ1n) is 18.9. The van der Waals surface area contributed by atoms with Crippen molar-refractivity contribution in [3.05, 3.63) is 152 Å². The molecule has 0 bridgehead atoms. The van der Waals surface area contributed by atoms with Gasteiger partial charge < -0.3 is 13.5 Å². The van der Waals surface area contributed by atoms with Crippen LogP contribution in [0.5, 0.6) is 0 Å². The zero-order chi connectivity index (χ0) is 34.6. The van der Waals surface area contributed by atoms with E-state index in [-0.39, 0.29) is 6.85 Å². The maximum Gasteiger partial charge on any atom is 0.333 e. The number of para-hydroxylation sites is 2. The molecule has 1 aliphatic carbocycles. The molecule has 4 heteroatoms. The van der Waals surface area contributed by atoms with Gasteiger partial charge in [-0.15, -0.1) is 0 Å². The Morgan fingerprint density at radius 3 is 2.06 bits per heavy atom. The molecule has 0 radical (unpaired) electrons. The van der Waals surface area contributed by atoms with Gasteiger partial charge in [0.2, 0.25) is 0 Å². The fraction of sp³-hybridized carbons (Fsp3) is 0. The van der Waals surface area contributed by atoms with Crippen LogP contribution in [0.2, 0.25) is 0 Å². The van der Waals surface area contributed by atoms with E-state index in [1.807, 2.05) is 0 Å². The molecule has 0 saturated carbocycles. The molecule has 0 fully saturated rings. The molecule has 0 saturated heterocycles. The van der Waals surface area contributed by atoms with E-state index in [1.165, 1.54) is 121 Å². The highest BCUT2D eigenvalue weighted by Crippen LogP contribution is 2.52. The van der Waals surface area contributed by atoms with Crippen molar-refractivity contribution in [2.24, 2.45) is 0 Å². The molecule has 12 aromatic rings. The van der Waals surface area contributed by atoms with Gasteiger partial charge in [0.1, 0.15) is 11.2 Å². The summed E-state index contributed by atoms with van der Waals surface area (Å²) in [5, 5.41) is 12.8. The lowest BCUT2D eigenvalue weighted by Crippen LogP contribution is -2.55. The van der Waals surface area contributed by atoms with E-state index in [1.54, 1.807) is 0 Å². The van der Waals surface area contributed by atoms with Crippen LogP contribution in [-0.2, 0) is 0 Å². The predicted molar refractivity (Wildman–Crippen MR) is 226 cm³/mol. The van der Waals surface area contributed by atoms with Crippen LogP contribution < -0.4 is 10.9 Å². The van der Waals surface area contributed by atoms with Gasteiger partial charge in [-0.25, -0.2) is 0 Å². The standard InChI is InChI=1S/C50H25BN2O/c1-2-12-28-26(10-1)22-23-39-43(28)34-18-8-19-35-45-47-40(25-36-31-15-5-6-21-41(31)54-50(36)45)52-38-20-9-17-33-30-14-4-3-13-29(30)32-16-7-11-27-24-37(51(47)53(39)48(34)35)49(52)46(42(27)32)44(33)38/h1-25H. The molecule has 0 N–H and O–H groups in total. The van der Waals surface area contributed by atoms with Crippen LogP contribution in [0.15, 0.2) is 156 Å². The number of aromatic nitrogens is 2. The Kier molecular flexibility index (Phi) is 4.33. The fourth-order valence-electron chi connectivity index (χ4n) is 11.3. The maximum atomic E-state index is 6.98. The van der Waals surface area contributed by atoms with Gasteiger partial charge in [0.25, 0.3) is 0 Å². The Morgan fingerprint density at radius 1 is 0.444 bits per heavy atom. The van der Waals surface area contributed by atoms with Crippen molar-refractivity contribution in [3.63, 3.8) is 0 Å². The Bertz CT molecular complexity index is 3800. The van der Waals surface area contributed by atoms with E-state index in [2.05, 4.69) is 161 Å². The summed E-state index contributed by atoms with van der Waals surface area (Å²) >= 11 is 0. The number of hydrogen-bond acceptors (Lipinski definition) is 1. The summed E-state index contributed by atoms with van der Waals surface area (Å²) in [6.07, 6.45) is 0. The molecule has 5 heterocycles. The largest absolute Gasteiger partial charge is 0.455 e. The molecular formula is C50H25BN2O. The molecule has 0 spiro atoms. The van der Waals surface area contributed by atoms with Crippen molar-refractivity contribution in [1.29, 1.82) is 0 Å². The van der Waals surface area contributed by atoms with E-state index in [9.17, 15) is 0 Å². The zero-order valence-electron chi connectivity index (χ0n) is 28.8.